The first-order valence-electron chi connectivity index (χ1n) is 5.87. The van der Waals surface area contributed by atoms with Gasteiger partial charge in [0.25, 0.3) is 0 Å². The Bertz CT molecular complexity index is 692. The molecular formula is C11H12BrNO6S2. The van der Waals surface area contributed by atoms with E-state index in [9.17, 15) is 23.1 Å². The summed E-state index contributed by atoms with van der Waals surface area (Å²) >= 11 is 3.99. The summed E-state index contributed by atoms with van der Waals surface area (Å²) in [5, 5.41) is 9.18. The lowest BCUT2D eigenvalue weighted by atomic mass is 9.78. The van der Waals surface area contributed by atoms with Gasteiger partial charge in [-0.2, -0.15) is 4.72 Å². The van der Waals surface area contributed by atoms with Crippen molar-refractivity contribution in [2.24, 2.45) is 0 Å². The molecule has 0 bridgehead atoms. The molecule has 1 fully saturated rings. The molecule has 0 aromatic carbocycles. The van der Waals surface area contributed by atoms with Crippen molar-refractivity contribution in [1.29, 1.82) is 0 Å². The van der Waals surface area contributed by atoms with Crippen molar-refractivity contribution in [1.82, 2.24) is 4.72 Å². The third kappa shape index (κ3) is 2.98. The number of halogens is 1. The molecule has 1 saturated carbocycles. The first-order chi connectivity index (χ1) is 9.72. The number of hydrogen-bond donors (Lipinski definition) is 2. The molecule has 2 N–H and O–H groups in total. The molecule has 2 rings (SSSR count). The van der Waals surface area contributed by atoms with Crippen molar-refractivity contribution < 1.29 is 27.9 Å². The van der Waals surface area contributed by atoms with Gasteiger partial charge in [0.2, 0.25) is 10.0 Å². The van der Waals surface area contributed by atoms with Gasteiger partial charge < -0.3 is 9.84 Å². The van der Waals surface area contributed by atoms with Crippen LogP contribution in [-0.4, -0.2) is 38.1 Å². The largest absolute Gasteiger partial charge is 0.480 e. The minimum Gasteiger partial charge on any atom is -0.480 e. The Hall–Kier alpha value is -0.970. The molecule has 1 heterocycles. The van der Waals surface area contributed by atoms with Crippen molar-refractivity contribution in [3.8, 4) is 0 Å². The van der Waals surface area contributed by atoms with Crippen LogP contribution in [0.1, 0.15) is 28.9 Å². The van der Waals surface area contributed by atoms with E-state index in [1.807, 2.05) is 0 Å². The van der Waals surface area contributed by atoms with E-state index in [1.165, 1.54) is 7.11 Å². The maximum atomic E-state index is 12.3. The van der Waals surface area contributed by atoms with Gasteiger partial charge in [-0.25, -0.2) is 13.2 Å². The lowest BCUT2D eigenvalue weighted by molar-refractivity contribution is -0.147. The quantitative estimate of drug-likeness (QED) is 0.729. The summed E-state index contributed by atoms with van der Waals surface area (Å²) in [6.45, 7) is 0. The predicted octanol–water partition coefficient (Wildman–Crippen LogP) is 1.58. The van der Waals surface area contributed by atoms with Gasteiger partial charge in [0.05, 0.1) is 10.9 Å². The second-order valence-corrected chi connectivity index (χ2v) is 8.61. The van der Waals surface area contributed by atoms with Crippen LogP contribution in [0.4, 0.5) is 0 Å². The number of carboxylic acid groups (broad SMARTS) is 1. The van der Waals surface area contributed by atoms with Gasteiger partial charge in [-0.1, -0.05) is 0 Å². The fourth-order valence-corrected chi connectivity index (χ4v) is 5.84. The smallest absolute Gasteiger partial charge is 0.348 e. The molecule has 0 amide bonds. The van der Waals surface area contributed by atoms with Crippen LogP contribution in [0, 0.1) is 0 Å². The third-order valence-electron chi connectivity index (χ3n) is 3.28. The Balaban J connectivity index is 2.34. The number of carbonyl (C=O) groups excluding carboxylic acids is 1. The first kappa shape index (κ1) is 16.4. The normalized spacial score (nSPS) is 17.0. The molecule has 1 aromatic rings. The van der Waals surface area contributed by atoms with Crippen molar-refractivity contribution in [3.63, 3.8) is 0 Å². The van der Waals surface area contributed by atoms with Crippen molar-refractivity contribution in [2.45, 2.75) is 29.7 Å². The van der Waals surface area contributed by atoms with Gasteiger partial charge in [-0.05, 0) is 41.3 Å². The molecule has 116 valence electrons. The van der Waals surface area contributed by atoms with Crippen LogP contribution in [0.2, 0.25) is 0 Å². The highest BCUT2D eigenvalue weighted by molar-refractivity contribution is 9.11. The summed E-state index contributed by atoms with van der Waals surface area (Å²) in [5.41, 5.74) is -1.45. The monoisotopic (exact) mass is 397 g/mol. The van der Waals surface area contributed by atoms with Crippen molar-refractivity contribution in [2.75, 3.05) is 7.11 Å². The fraction of sp³-hybridized carbons (Fsp3) is 0.455. The zero-order valence-corrected chi connectivity index (χ0v) is 14.1. The van der Waals surface area contributed by atoms with Crippen LogP contribution in [-0.2, 0) is 19.6 Å². The second kappa shape index (κ2) is 5.67. The highest BCUT2D eigenvalue weighted by Gasteiger charge is 2.48. The number of carbonyl (C=O) groups is 2. The number of thiophene rings is 1. The number of aliphatic carboxylic acids is 1. The Morgan fingerprint density at radius 2 is 2.10 bits per heavy atom. The SMILES string of the molecule is COC(=O)c1cc(S(=O)(=O)NC2(C(=O)O)CCC2)c(Br)s1. The Labute approximate surface area is 133 Å². The van der Waals surface area contributed by atoms with Gasteiger partial charge in [0.15, 0.2) is 0 Å². The summed E-state index contributed by atoms with van der Waals surface area (Å²) in [4.78, 5) is 22.6. The molecule has 0 unspecified atom stereocenters. The van der Waals surface area contributed by atoms with Gasteiger partial charge >= 0.3 is 11.9 Å². The summed E-state index contributed by atoms with van der Waals surface area (Å²) in [6, 6.07) is 1.16. The maximum Gasteiger partial charge on any atom is 0.348 e. The molecule has 1 aliphatic rings. The molecule has 0 saturated heterocycles. The predicted molar refractivity (Wildman–Crippen MR) is 77.9 cm³/mol. The molecular weight excluding hydrogens is 386 g/mol. The lowest BCUT2D eigenvalue weighted by Gasteiger charge is -2.37. The Morgan fingerprint density at radius 3 is 2.52 bits per heavy atom. The molecule has 0 aliphatic heterocycles. The first-order valence-corrected chi connectivity index (χ1v) is 8.96. The second-order valence-electron chi connectivity index (χ2n) is 4.59. The maximum absolute atomic E-state index is 12.3. The number of rotatable bonds is 5. The van der Waals surface area contributed by atoms with E-state index in [0.717, 1.165) is 17.4 Å². The van der Waals surface area contributed by atoms with E-state index in [1.54, 1.807) is 0 Å². The number of ether oxygens (including phenoxy) is 1. The summed E-state index contributed by atoms with van der Waals surface area (Å²) in [6.07, 6.45) is 1.13. The summed E-state index contributed by atoms with van der Waals surface area (Å²) < 4.78 is 31.7. The van der Waals surface area contributed by atoms with Crippen LogP contribution < -0.4 is 4.72 Å². The summed E-state index contributed by atoms with van der Waals surface area (Å²) in [7, 11) is -2.86. The molecule has 1 aliphatic carbocycles. The van der Waals surface area contributed by atoms with Gasteiger partial charge in [0, 0.05) is 0 Å². The Morgan fingerprint density at radius 1 is 1.48 bits per heavy atom. The van der Waals surface area contributed by atoms with Gasteiger partial charge in [0.1, 0.15) is 15.3 Å². The molecule has 1 aromatic heterocycles. The van der Waals surface area contributed by atoms with Crippen LogP contribution in [0.25, 0.3) is 0 Å². The Kier molecular flexibility index (Phi) is 4.43. The van der Waals surface area contributed by atoms with E-state index in [2.05, 4.69) is 25.4 Å². The van der Waals surface area contributed by atoms with Crippen LogP contribution in [0.5, 0.6) is 0 Å². The average Bonchev–Trinajstić information content (AvgIpc) is 2.75. The summed E-state index contributed by atoms with van der Waals surface area (Å²) in [5.74, 6) is -1.85. The van der Waals surface area contributed by atoms with Crippen molar-refractivity contribution in [3.05, 3.63) is 14.7 Å². The molecule has 7 nitrogen and oxygen atoms in total. The van der Waals surface area contributed by atoms with Gasteiger partial charge in [-0.3, -0.25) is 4.79 Å². The van der Waals surface area contributed by atoms with Crippen LogP contribution >= 0.6 is 27.3 Å². The fourth-order valence-electron chi connectivity index (χ4n) is 1.94. The number of sulfonamides is 1. The molecule has 10 heteroatoms. The molecule has 0 radical (unpaired) electrons. The number of methoxy groups -OCH3 is 1. The zero-order valence-electron chi connectivity index (χ0n) is 10.9. The van der Waals surface area contributed by atoms with Crippen LogP contribution in [0.15, 0.2) is 14.7 Å². The highest BCUT2D eigenvalue weighted by atomic mass is 79.9. The highest BCUT2D eigenvalue weighted by Crippen LogP contribution is 2.37. The van der Waals surface area contributed by atoms with E-state index in [0.29, 0.717) is 6.42 Å². The van der Waals surface area contributed by atoms with E-state index >= 15 is 0 Å². The zero-order chi connectivity index (χ0) is 15.8. The van der Waals surface area contributed by atoms with E-state index in [-0.39, 0.29) is 26.4 Å². The minimum atomic E-state index is -4.05. The average molecular weight is 398 g/mol. The number of esters is 1. The molecule has 21 heavy (non-hydrogen) atoms. The van der Waals surface area contributed by atoms with E-state index < -0.39 is 27.5 Å². The number of carboxylic acids is 1. The standard InChI is InChI=1S/C11H12BrNO6S2/c1-19-9(14)6-5-7(8(12)20-6)21(17,18)13-11(10(15)16)3-2-4-11/h5,13H,2-4H2,1H3,(H,15,16). The number of hydrogen-bond acceptors (Lipinski definition) is 6. The minimum absolute atomic E-state index is 0.114. The van der Waals surface area contributed by atoms with Gasteiger partial charge in [-0.15, -0.1) is 11.3 Å². The molecule has 0 spiro atoms. The van der Waals surface area contributed by atoms with Crippen molar-refractivity contribution >= 4 is 49.2 Å². The number of nitrogens with one attached hydrogen (secondary N) is 1. The third-order valence-corrected chi connectivity index (χ3v) is 7.05. The van der Waals surface area contributed by atoms with E-state index in [4.69, 9.17) is 0 Å². The van der Waals surface area contributed by atoms with Crippen LogP contribution in [0.3, 0.4) is 0 Å². The molecule has 0 atom stereocenters. The lowest BCUT2D eigenvalue weighted by Crippen LogP contribution is -2.58. The topological polar surface area (TPSA) is 110 Å².